The van der Waals surface area contributed by atoms with E-state index in [2.05, 4.69) is 22.6 Å². The lowest BCUT2D eigenvalue weighted by molar-refractivity contribution is 0.341. The van der Waals surface area contributed by atoms with Crippen molar-refractivity contribution < 1.29 is 13.2 Å². The molecule has 0 amide bonds. The van der Waals surface area contributed by atoms with Gasteiger partial charge in [-0.15, -0.1) is 0 Å². The Morgan fingerprint density at radius 1 is 1.19 bits per heavy atom. The van der Waals surface area contributed by atoms with Crippen LogP contribution in [0.4, 0.5) is 0 Å². The Labute approximate surface area is 110 Å². The first-order chi connectivity index (χ1) is 7.53. The fourth-order valence-corrected chi connectivity index (χ4v) is 2.75. The molecule has 0 aromatic heterocycles. The molecule has 0 bridgehead atoms. The van der Waals surface area contributed by atoms with E-state index in [1.165, 1.54) is 0 Å². The van der Waals surface area contributed by atoms with Gasteiger partial charge in [-0.3, -0.25) is 0 Å². The van der Waals surface area contributed by atoms with E-state index in [0.717, 1.165) is 3.57 Å². The third-order valence-electron chi connectivity index (χ3n) is 1.99. The molecule has 0 unspecified atom stereocenters. The number of halogens is 1. The van der Waals surface area contributed by atoms with Crippen LogP contribution in [-0.2, 0) is 9.84 Å². The van der Waals surface area contributed by atoms with Gasteiger partial charge in [-0.05, 0) is 53.3 Å². The number of hydrogen-bond donors (Lipinski definition) is 0. The van der Waals surface area contributed by atoms with Crippen LogP contribution < -0.4 is 4.74 Å². The van der Waals surface area contributed by atoms with Crippen LogP contribution >= 0.6 is 22.6 Å². The summed E-state index contributed by atoms with van der Waals surface area (Å²) in [5, 5.41) is 0. The van der Waals surface area contributed by atoms with E-state index in [1.54, 1.807) is 0 Å². The molecule has 0 radical (unpaired) electrons. The van der Waals surface area contributed by atoms with Crippen molar-refractivity contribution >= 4 is 32.4 Å². The van der Waals surface area contributed by atoms with Gasteiger partial charge in [0.1, 0.15) is 12.4 Å². The minimum atomic E-state index is -2.94. The predicted octanol–water partition coefficient (Wildman–Crippen LogP) is 2.49. The van der Waals surface area contributed by atoms with Gasteiger partial charge in [0.25, 0.3) is 0 Å². The molecule has 90 valence electrons. The molecule has 1 rings (SSSR count). The second-order valence-electron chi connectivity index (χ2n) is 3.45. The molecular formula is C11H15IO3S. The summed E-state index contributed by atoms with van der Waals surface area (Å²) in [7, 11) is -2.94. The first-order valence-corrected chi connectivity index (χ1v) is 8.02. The summed E-state index contributed by atoms with van der Waals surface area (Å²) >= 11 is 2.21. The average Bonchev–Trinajstić information content (AvgIpc) is 2.20. The third kappa shape index (κ3) is 5.16. The van der Waals surface area contributed by atoms with Crippen molar-refractivity contribution in [1.29, 1.82) is 0 Å². The fraction of sp³-hybridized carbons (Fsp3) is 0.455. The van der Waals surface area contributed by atoms with Gasteiger partial charge in [-0.1, -0.05) is 6.92 Å². The molecule has 1 aromatic rings. The van der Waals surface area contributed by atoms with Crippen LogP contribution in [0.15, 0.2) is 24.3 Å². The Balaban J connectivity index is 2.39. The Kier molecular flexibility index (Phi) is 5.54. The van der Waals surface area contributed by atoms with Crippen molar-refractivity contribution in [3.63, 3.8) is 0 Å². The molecule has 5 heteroatoms. The number of ether oxygens (including phenoxy) is 1. The monoisotopic (exact) mass is 354 g/mol. The van der Waals surface area contributed by atoms with Crippen LogP contribution in [0, 0.1) is 3.57 Å². The molecule has 0 N–H and O–H groups in total. The van der Waals surface area contributed by atoms with Gasteiger partial charge >= 0.3 is 0 Å². The molecule has 0 aliphatic carbocycles. The van der Waals surface area contributed by atoms with Gasteiger partial charge in [-0.25, -0.2) is 8.42 Å². The maximum Gasteiger partial charge on any atom is 0.153 e. The zero-order chi connectivity index (χ0) is 12.0. The number of sulfone groups is 1. The first-order valence-electron chi connectivity index (χ1n) is 5.12. The summed E-state index contributed by atoms with van der Waals surface area (Å²) in [6.07, 6.45) is 0.659. The molecule has 16 heavy (non-hydrogen) atoms. The Hall–Kier alpha value is -0.300. The van der Waals surface area contributed by atoms with Crippen LogP contribution in [-0.4, -0.2) is 26.5 Å². The second kappa shape index (κ2) is 6.44. The van der Waals surface area contributed by atoms with Crippen molar-refractivity contribution in [1.82, 2.24) is 0 Å². The van der Waals surface area contributed by atoms with Crippen molar-refractivity contribution in [3.05, 3.63) is 27.8 Å². The number of rotatable bonds is 6. The molecule has 0 atom stereocenters. The summed E-state index contributed by atoms with van der Waals surface area (Å²) in [6.45, 7) is 2.08. The topological polar surface area (TPSA) is 43.4 Å². The normalized spacial score (nSPS) is 11.4. The van der Waals surface area contributed by atoms with Gasteiger partial charge in [-0.2, -0.15) is 0 Å². The Morgan fingerprint density at radius 2 is 1.81 bits per heavy atom. The van der Waals surface area contributed by atoms with Crippen LogP contribution in [0.25, 0.3) is 0 Å². The van der Waals surface area contributed by atoms with Crippen LogP contribution in [0.3, 0.4) is 0 Å². The number of benzene rings is 1. The molecule has 0 saturated carbocycles. The maximum atomic E-state index is 11.4. The molecule has 0 heterocycles. The second-order valence-corrected chi connectivity index (χ2v) is 7.00. The minimum Gasteiger partial charge on any atom is -0.493 e. The summed E-state index contributed by atoms with van der Waals surface area (Å²) in [5.74, 6) is 1.04. The van der Waals surface area contributed by atoms with Crippen LogP contribution in [0.1, 0.15) is 13.3 Å². The lowest BCUT2D eigenvalue weighted by Gasteiger charge is -2.06. The van der Waals surface area contributed by atoms with E-state index >= 15 is 0 Å². The first kappa shape index (κ1) is 13.8. The van der Waals surface area contributed by atoms with Crippen molar-refractivity contribution in [2.45, 2.75) is 13.3 Å². The molecule has 0 aliphatic heterocycles. The SMILES string of the molecule is CCCS(=O)(=O)CCOc1ccc(I)cc1. The molecule has 3 nitrogen and oxygen atoms in total. The van der Waals surface area contributed by atoms with E-state index < -0.39 is 9.84 Å². The molecular weight excluding hydrogens is 339 g/mol. The molecule has 0 saturated heterocycles. The average molecular weight is 354 g/mol. The zero-order valence-corrected chi connectivity index (χ0v) is 12.1. The summed E-state index contributed by atoms with van der Waals surface area (Å²) in [4.78, 5) is 0. The number of hydrogen-bond acceptors (Lipinski definition) is 3. The highest BCUT2D eigenvalue weighted by Gasteiger charge is 2.09. The molecule has 0 fully saturated rings. The van der Waals surface area contributed by atoms with E-state index in [-0.39, 0.29) is 18.1 Å². The van der Waals surface area contributed by atoms with Crippen LogP contribution in [0.2, 0.25) is 0 Å². The highest BCUT2D eigenvalue weighted by molar-refractivity contribution is 14.1. The van der Waals surface area contributed by atoms with E-state index in [9.17, 15) is 8.42 Å². The lowest BCUT2D eigenvalue weighted by Crippen LogP contribution is -2.16. The van der Waals surface area contributed by atoms with E-state index in [1.807, 2.05) is 31.2 Å². The van der Waals surface area contributed by atoms with E-state index in [0.29, 0.717) is 12.2 Å². The third-order valence-corrected chi connectivity index (χ3v) is 4.53. The molecule has 0 aliphatic rings. The van der Waals surface area contributed by atoms with Gasteiger partial charge in [0.15, 0.2) is 9.84 Å². The molecule has 1 aromatic carbocycles. The van der Waals surface area contributed by atoms with Gasteiger partial charge < -0.3 is 4.74 Å². The Bertz CT molecular complexity index is 411. The predicted molar refractivity (Wildman–Crippen MR) is 73.6 cm³/mol. The largest absolute Gasteiger partial charge is 0.493 e. The highest BCUT2D eigenvalue weighted by atomic mass is 127. The standard InChI is InChI=1S/C11H15IO3S/c1-2-8-16(13,14)9-7-15-11-5-3-10(12)4-6-11/h3-6H,2,7-9H2,1H3. The van der Waals surface area contributed by atoms with Gasteiger partial charge in [0.2, 0.25) is 0 Å². The smallest absolute Gasteiger partial charge is 0.153 e. The van der Waals surface area contributed by atoms with Crippen molar-refractivity contribution in [2.75, 3.05) is 18.1 Å². The Morgan fingerprint density at radius 3 is 2.38 bits per heavy atom. The van der Waals surface area contributed by atoms with E-state index in [4.69, 9.17) is 4.74 Å². The minimum absolute atomic E-state index is 0.0901. The highest BCUT2D eigenvalue weighted by Crippen LogP contribution is 2.13. The zero-order valence-electron chi connectivity index (χ0n) is 9.15. The van der Waals surface area contributed by atoms with Crippen molar-refractivity contribution in [2.24, 2.45) is 0 Å². The van der Waals surface area contributed by atoms with Crippen molar-refractivity contribution in [3.8, 4) is 5.75 Å². The molecule has 0 spiro atoms. The quantitative estimate of drug-likeness (QED) is 0.738. The lowest BCUT2D eigenvalue weighted by atomic mass is 10.3. The summed E-state index contributed by atoms with van der Waals surface area (Å²) in [5.41, 5.74) is 0. The van der Waals surface area contributed by atoms with Crippen LogP contribution in [0.5, 0.6) is 5.75 Å². The summed E-state index contributed by atoms with van der Waals surface area (Å²) < 4.78 is 29.3. The summed E-state index contributed by atoms with van der Waals surface area (Å²) in [6, 6.07) is 7.54. The maximum absolute atomic E-state index is 11.4. The van der Waals surface area contributed by atoms with Gasteiger partial charge in [0.05, 0.1) is 11.5 Å². The fourth-order valence-electron chi connectivity index (χ4n) is 1.23. The van der Waals surface area contributed by atoms with Gasteiger partial charge in [0, 0.05) is 3.57 Å².